The number of aromatic nitrogens is 3. The highest BCUT2D eigenvalue weighted by Crippen LogP contribution is 2.23. The molecule has 134 valence electrons. The van der Waals surface area contributed by atoms with E-state index in [4.69, 9.17) is 4.74 Å². The molecule has 0 fully saturated rings. The molecule has 0 N–H and O–H groups in total. The first-order valence-corrected chi connectivity index (χ1v) is 9.24. The van der Waals surface area contributed by atoms with Crippen LogP contribution in [-0.4, -0.2) is 14.8 Å². The third-order valence-electron chi connectivity index (χ3n) is 3.78. The van der Waals surface area contributed by atoms with Gasteiger partial charge in [-0.15, -0.1) is 16.8 Å². The zero-order valence-corrected chi connectivity index (χ0v) is 15.4. The van der Waals surface area contributed by atoms with Gasteiger partial charge in [-0.05, 0) is 36.8 Å². The van der Waals surface area contributed by atoms with Gasteiger partial charge in [-0.1, -0.05) is 47.7 Å². The van der Waals surface area contributed by atoms with Gasteiger partial charge in [-0.3, -0.25) is 4.57 Å². The van der Waals surface area contributed by atoms with Crippen molar-refractivity contribution < 1.29 is 9.13 Å². The molecule has 0 unspecified atom stereocenters. The Hall–Kier alpha value is -2.60. The third kappa shape index (κ3) is 4.73. The largest absolute Gasteiger partial charge is 0.486 e. The summed E-state index contributed by atoms with van der Waals surface area (Å²) in [4.78, 5) is 0. The second-order valence-electron chi connectivity index (χ2n) is 5.81. The van der Waals surface area contributed by atoms with Crippen LogP contribution >= 0.6 is 11.8 Å². The molecule has 6 heteroatoms. The zero-order valence-electron chi connectivity index (χ0n) is 14.6. The number of hydrogen-bond acceptors (Lipinski definition) is 4. The summed E-state index contributed by atoms with van der Waals surface area (Å²) >= 11 is 1.55. The molecule has 0 aliphatic heterocycles. The van der Waals surface area contributed by atoms with Crippen molar-refractivity contribution in [3.8, 4) is 5.75 Å². The van der Waals surface area contributed by atoms with E-state index >= 15 is 0 Å². The van der Waals surface area contributed by atoms with Gasteiger partial charge < -0.3 is 4.74 Å². The molecule has 3 rings (SSSR count). The van der Waals surface area contributed by atoms with Crippen molar-refractivity contribution in [2.24, 2.45) is 0 Å². The Labute approximate surface area is 156 Å². The monoisotopic (exact) mass is 369 g/mol. The van der Waals surface area contributed by atoms with Crippen molar-refractivity contribution >= 4 is 11.8 Å². The predicted octanol–water partition coefficient (Wildman–Crippen LogP) is 4.78. The van der Waals surface area contributed by atoms with E-state index in [0.29, 0.717) is 18.9 Å². The van der Waals surface area contributed by atoms with E-state index in [2.05, 4.69) is 16.8 Å². The fourth-order valence-corrected chi connectivity index (χ4v) is 3.28. The summed E-state index contributed by atoms with van der Waals surface area (Å²) in [5.74, 6) is 1.99. The lowest BCUT2D eigenvalue weighted by molar-refractivity contribution is 0.289. The lowest BCUT2D eigenvalue weighted by Crippen LogP contribution is -2.07. The van der Waals surface area contributed by atoms with Gasteiger partial charge in [-0.2, -0.15) is 0 Å². The Morgan fingerprint density at radius 2 is 1.85 bits per heavy atom. The van der Waals surface area contributed by atoms with Crippen LogP contribution in [0.2, 0.25) is 0 Å². The molecule has 0 aliphatic carbocycles. The number of halogens is 1. The number of allylic oxidation sites excluding steroid dienone is 1. The van der Waals surface area contributed by atoms with Crippen LogP contribution in [0.3, 0.4) is 0 Å². The topological polar surface area (TPSA) is 39.9 Å². The van der Waals surface area contributed by atoms with Gasteiger partial charge in [-0.25, -0.2) is 4.39 Å². The molecule has 0 aliphatic rings. The van der Waals surface area contributed by atoms with E-state index in [-0.39, 0.29) is 5.82 Å². The number of rotatable bonds is 8. The zero-order chi connectivity index (χ0) is 18.4. The van der Waals surface area contributed by atoms with E-state index in [1.807, 2.05) is 35.8 Å². The van der Waals surface area contributed by atoms with Crippen molar-refractivity contribution in [3.63, 3.8) is 0 Å². The first-order valence-electron chi connectivity index (χ1n) is 8.25. The SMILES string of the molecule is C=CCn1c(COc2ccc(C)cc2)nnc1SCc1ccc(F)cc1. The summed E-state index contributed by atoms with van der Waals surface area (Å²) in [7, 11) is 0. The molecule has 0 saturated carbocycles. The molecular weight excluding hydrogens is 349 g/mol. The number of ether oxygens (including phenoxy) is 1. The van der Waals surface area contributed by atoms with Gasteiger partial charge in [0.1, 0.15) is 18.2 Å². The van der Waals surface area contributed by atoms with E-state index in [0.717, 1.165) is 22.3 Å². The summed E-state index contributed by atoms with van der Waals surface area (Å²) in [6.45, 7) is 6.78. The Morgan fingerprint density at radius 1 is 1.12 bits per heavy atom. The summed E-state index contributed by atoms with van der Waals surface area (Å²) < 4.78 is 20.8. The molecule has 0 saturated heterocycles. The lowest BCUT2D eigenvalue weighted by Gasteiger charge is -2.09. The number of aryl methyl sites for hydroxylation is 1. The van der Waals surface area contributed by atoms with Gasteiger partial charge in [0.2, 0.25) is 0 Å². The van der Waals surface area contributed by atoms with Crippen molar-refractivity contribution in [1.29, 1.82) is 0 Å². The van der Waals surface area contributed by atoms with Gasteiger partial charge in [0.05, 0.1) is 0 Å². The van der Waals surface area contributed by atoms with E-state index < -0.39 is 0 Å². The molecular formula is C20H20FN3OS. The average Bonchev–Trinajstić information content (AvgIpc) is 3.03. The second-order valence-corrected chi connectivity index (χ2v) is 6.76. The Balaban J connectivity index is 1.67. The normalized spacial score (nSPS) is 10.7. The van der Waals surface area contributed by atoms with Crippen LogP contribution in [0.25, 0.3) is 0 Å². The molecule has 4 nitrogen and oxygen atoms in total. The van der Waals surface area contributed by atoms with Gasteiger partial charge in [0, 0.05) is 12.3 Å². The third-order valence-corrected chi connectivity index (χ3v) is 4.81. The standard InChI is InChI=1S/C20H20FN3OS/c1-3-12-24-19(13-25-18-10-4-15(2)5-11-18)22-23-20(24)26-14-16-6-8-17(21)9-7-16/h3-11H,1,12-14H2,2H3. The number of hydrogen-bond donors (Lipinski definition) is 0. The van der Waals surface area contributed by atoms with Crippen LogP contribution in [-0.2, 0) is 18.9 Å². The van der Waals surface area contributed by atoms with Crippen LogP contribution in [0.1, 0.15) is 17.0 Å². The van der Waals surface area contributed by atoms with E-state index in [1.54, 1.807) is 30.0 Å². The van der Waals surface area contributed by atoms with Crippen LogP contribution in [0, 0.1) is 12.7 Å². The second kappa shape index (κ2) is 8.67. The number of benzene rings is 2. The van der Waals surface area contributed by atoms with Gasteiger partial charge in [0.15, 0.2) is 11.0 Å². The lowest BCUT2D eigenvalue weighted by atomic mass is 10.2. The maximum absolute atomic E-state index is 13.0. The smallest absolute Gasteiger partial charge is 0.191 e. The Morgan fingerprint density at radius 3 is 2.54 bits per heavy atom. The van der Waals surface area contributed by atoms with Crippen molar-refractivity contribution in [3.05, 3.63) is 84.0 Å². The van der Waals surface area contributed by atoms with E-state index in [1.165, 1.54) is 17.7 Å². The summed E-state index contributed by atoms with van der Waals surface area (Å²) in [6, 6.07) is 14.4. The summed E-state index contributed by atoms with van der Waals surface area (Å²) in [5.41, 5.74) is 2.22. The van der Waals surface area contributed by atoms with Crippen LogP contribution in [0.4, 0.5) is 4.39 Å². The average molecular weight is 369 g/mol. The molecule has 0 bridgehead atoms. The molecule has 3 aromatic rings. The first-order chi connectivity index (χ1) is 12.7. The quantitative estimate of drug-likeness (QED) is 0.423. The molecule has 0 radical (unpaired) electrons. The maximum atomic E-state index is 13.0. The highest BCUT2D eigenvalue weighted by atomic mass is 32.2. The number of nitrogens with zero attached hydrogens (tertiary/aromatic N) is 3. The minimum atomic E-state index is -0.232. The highest BCUT2D eigenvalue weighted by molar-refractivity contribution is 7.98. The molecule has 0 amide bonds. The Kier molecular flexibility index (Phi) is 6.07. The van der Waals surface area contributed by atoms with Crippen molar-refractivity contribution in [1.82, 2.24) is 14.8 Å². The highest BCUT2D eigenvalue weighted by Gasteiger charge is 2.12. The Bertz CT molecular complexity index is 793. The first kappa shape index (κ1) is 18.2. The molecule has 26 heavy (non-hydrogen) atoms. The van der Waals surface area contributed by atoms with Crippen LogP contribution in [0.15, 0.2) is 66.3 Å². The fraction of sp³-hybridized carbons (Fsp3) is 0.200. The summed E-state index contributed by atoms with van der Waals surface area (Å²) in [6.07, 6.45) is 1.81. The molecule has 1 heterocycles. The predicted molar refractivity (Wildman–Crippen MR) is 102 cm³/mol. The van der Waals surface area contributed by atoms with Crippen LogP contribution in [0.5, 0.6) is 5.75 Å². The molecule has 2 aromatic carbocycles. The molecule has 1 aromatic heterocycles. The summed E-state index contributed by atoms with van der Waals surface area (Å²) in [5, 5.41) is 9.31. The van der Waals surface area contributed by atoms with Gasteiger partial charge >= 0.3 is 0 Å². The minimum Gasteiger partial charge on any atom is -0.486 e. The maximum Gasteiger partial charge on any atom is 0.191 e. The molecule has 0 atom stereocenters. The van der Waals surface area contributed by atoms with Crippen molar-refractivity contribution in [2.45, 2.75) is 31.0 Å². The van der Waals surface area contributed by atoms with E-state index in [9.17, 15) is 4.39 Å². The fourth-order valence-electron chi connectivity index (χ4n) is 2.36. The number of thioether (sulfide) groups is 1. The van der Waals surface area contributed by atoms with Crippen molar-refractivity contribution in [2.75, 3.05) is 0 Å². The van der Waals surface area contributed by atoms with Crippen LogP contribution < -0.4 is 4.74 Å². The van der Waals surface area contributed by atoms with Gasteiger partial charge in [0.25, 0.3) is 0 Å². The minimum absolute atomic E-state index is 0.232. The molecule has 0 spiro atoms.